The van der Waals surface area contributed by atoms with Gasteiger partial charge in [-0.3, -0.25) is 4.79 Å². The van der Waals surface area contributed by atoms with Gasteiger partial charge in [0.25, 0.3) is 5.91 Å². The summed E-state index contributed by atoms with van der Waals surface area (Å²) in [7, 11) is 5.36. The number of benzene rings is 1. The van der Waals surface area contributed by atoms with Crippen molar-refractivity contribution in [3.05, 3.63) is 35.4 Å². The number of hydrogen-bond donors (Lipinski definition) is 0. The normalized spacial score (nSPS) is 10.7. The van der Waals surface area contributed by atoms with Gasteiger partial charge in [-0.25, -0.2) is 8.78 Å². The highest BCUT2D eigenvalue weighted by atomic mass is 19.1. The smallest absolute Gasteiger partial charge is 0.256 e. The molecule has 0 saturated heterocycles. The molecular weight excluding hydrogens is 226 g/mol. The minimum absolute atomic E-state index is 0.104. The third kappa shape index (κ3) is 3.78. The maximum absolute atomic E-state index is 13.4. The molecule has 0 spiro atoms. The lowest BCUT2D eigenvalue weighted by Gasteiger charge is -2.19. The van der Waals surface area contributed by atoms with E-state index in [1.54, 1.807) is 7.05 Å². The number of carbonyl (C=O) groups is 1. The number of amides is 1. The summed E-state index contributed by atoms with van der Waals surface area (Å²) in [4.78, 5) is 15.2. The number of nitrogens with zero attached hydrogens (tertiary/aromatic N) is 2. The van der Waals surface area contributed by atoms with E-state index in [4.69, 9.17) is 0 Å². The Kier molecular flexibility index (Phi) is 4.57. The first-order chi connectivity index (χ1) is 7.91. The Balaban J connectivity index is 2.75. The Hall–Kier alpha value is -1.49. The molecule has 0 heterocycles. The van der Waals surface area contributed by atoms with Crippen LogP contribution in [0.3, 0.4) is 0 Å². The molecule has 1 amide bonds. The van der Waals surface area contributed by atoms with Crippen LogP contribution in [0.5, 0.6) is 0 Å². The highest BCUT2D eigenvalue weighted by Crippen LogP contribution is 2.11. The fraction of sp³-hybridized carbons (Fsp3) is 0.417. The van der Waals surface area contributed by atoms with E-state index >= 15 is 0 Å². The van der Waals surface area contributed by atoms with Gasteiger partial charge in [-0.1, -0.05) is 0 Å². The summed E-state index contributed by atoms with van der Waals surface area (Å²) in [5.41, 5.74) is -0.104. The zero-order valence-corrected chi connectivity index (χ0v) is 10.2. The monoisotopic (exact) mass is 242 g/mol. The van der Waals surface area contributed by atoms with Crippen LogP contribution in [0.15, 0.2) is 18.2 Å². The van der Waals surface area contributed by atoms with E-state index in [-0.39, 0.29) is 5.56 Å². The van der Waals surface area contributed by atoms with Gasteiger partial charge in [0.2, 0.25) is 0 Å². The molecule has 5 heteroatoms. The van der Waals surface area contributed by atoms with Crippen LogP contribution in [0.4, 0.5) is 8.78 Å². The Morgan fingerprint density at radius 3 is 2.35 bits per heavy atom. The highest BCUT2D eigenvalue weighted by molar-refractivity contribution is 5.94. The summed E-state index contributed by atoms with van der Waals surface area (Å²) in [6.07, 6.45) is 0. The second-order valence-corrected chi connectivity index (χ2v) is 4.15. The van der Waals surface area contributed by atoms with Gasteiger partial charge in [0.15, 0.2) is 0 Å². The number of rotatable bonds is 4. The molecule has 0 fully saturated rings. The Bertz CT molecular complexity index is 407. The Morgan fingerprint density at radius 2 is 1.82 bits per heavy atom. The van der Waals surface area contributed by atoms with Gasteiger partial charge in [0.05, 0.1) is 5.56 Å². The van der Waals surface area contributed by atoms with E-state index in [0.717, 1.165) is 6.07 Å². The van der Waals surface area contributed by atoms with Gasteiger partial charge in [-0.2, -0.15) is 0 Å². The fourth-order valence-corrected chi connectivity index (χ4v) is 1.32. The molecular formula is C12H16F2N2O. The van der Waals surface area contributed by atoms with E-state index in [1.165, 1.54) is 11.0 Å². The average Bonchev–Trinajstić information content (AvgIpc) is 2.25. The van der Waals surface area contributed by atoms with Crippen molar-refractivity contribution in [2.75, 3.05) is 34.2 Å². The molecule has 1 aromatic carbocycles. The van der Waals surface area contributed by atoms with Crippen molar-refractivity contribution in [3.8, 4) is 0 Å². The quantitative estimate of drug-likeness (QED) is 0.800. The number of hydrogen-bond acceptors (Lipinski definition) is 2. The molecule has 0 aliphatic heterocycles. The lowest BCUT2D eigenvalue weighted by Crippen LogP contribution is -2.33. The van der Waals surface area contributed by atoms with E-state index in [1.807, 2.05) is 19.0 Å². The number of carbonyl (C=O) groups excluding carboxylic acids is 1. The van der Waals surface area contributed by atoms with Gasteiger partial charge < -0.3 is 9.80 Å². The maximum atomic E-state index is 13.4. The summed E-state index contributed by atoms with van der Waals surface area (Å²) in [6, 6.07) is 2.96. The topological polar surface area (TPSA) is 23.6 Å². The van der Waals surface area contributed by atoms with Crippen LogP contribution in [0, 0.1) is 11.6 Å². The second kappa shape index (κ2) is 5.72. The van der Waals surface area contributed by atoms with Crippen LogP contribution in [-0.2, 0) is 0 Å². The standard InChI is InChI=1S/C12H16F2N2O/c1-15(2)6-7-16(3)12(17)10-5-4-9(13)8-11(10)14/h4-5,8H,6-7H2,1-3H3. The van der Waals surface area contributed by atoms with E-state index in [2.05, 4.69) is 0 Å². The molecule has 1 aromatic rings. The average molecular weight is 242 g/mol. The third-order valence-electron chi connectivity index (χ3n) is 2.39. The maximum Gasteiger partial charge on any atom is 0.256 e. The van der Waals surface area contributed by atoms with Gasteiger partial charge in [0, 0.05) is 26.2 Å². The molecule has 0 radical (unpaired) electrons. The minimum Gasteiger partial charge on any atom is -0.340 e. The van der Waals surface area contributed by atoms with Crippen LogP contribution in [0.25, 0.3) is 0 Å². The molecule has 0 aliphatic rings. The first-order valence-electron chi connectivity index (χ1n) is 5.27. The zero-order chi connectivity index (χ0) is 13.0. The van der Waals surface area contributed by atoms with Crippen LogP contribution in [0.1, 0.15) is 10.4 Å². The number of likely N-dealkylation sites (N-methyl/N-ethyl adjacent to an activating group) is 2. The molecule has 0 aliphatic carbocycles. The van der Waals surface area contributed by atoms with Gasteiger partial charge in [0.1, 0.15) is 11.6 Å². The van der Waals surface area contributed by atoms with Crippen LogP contribution < -0.4 is 0 Å². The van der Waals surface area contributed by atoms with Crippen LogP contribution >= 0.6 is 0 Å². The van der Waals surface area contributed by atoms with Crippen LogP contribution in [-0.4, -0.2) is 49.9 Å². The first-order valence-corrected chi connectivity index (χ1v) is 5.27. The van der Waals surface area contributed by atoms with Crippen molar-refractivity contribution in [2.24, 2.45) is 0 Å². The number of halogens is 2. The van der Waals surface area contributed by atoms with Crippen molar-refractivity contribution in [2.45, 2.75) is 0 Å². The molecule has 0 bridgehead atoms. The third-order valence-corrected chi connectivity index (χ3v) is 2.39. The molecule has 3 nitrogen and oxygen atoms in total. The van der Waals surface area contributed by atoms with E-state index in [9.17, 15) is 13.6 Å². The Labute approximate surface area is 99.6 Å². The molecule has 0 aromatic heterocycles. The van der Waals surface area contributed by atoms with E-state index < -0.39 is 17.5 Å². The molecule has 0 saturated carbocycles. The minimum atomic E-state index is -0.827. The molecule has 0 N–H and O–H groups in total. The molecule has 0 atom stereocenters. The van der Waals surface area contributed by atoms with E-state index in [0.29, 0.717) is 19.2 Å². The predicted octanol–water partition coefficient (Wildman–Crippen LogP) is 1.60. The summed E-state index contributed by atoms with van der Waals surface area (Å²) in [6.45, 7) is 1.17. The van der Waals surface area contributed by atoms with Crippen molar-refractivity contribution in [1.29, 1.82) is 0 Å². The summed E-state index contributed by atoms with van der Waals surface area (Å²) in [5, 5.41) is 0. The summed E-state index contributed by atoms with van der Waals surface area (Å²) < 4.78 is 26.1. The van der Waals surface area contributed by atoms with Crippen molar-refractivity contribution in [3.63, 3.8) is 0 Å². The predicted molar refractivity (Wildman–Crippen MR) is 61.9 cm³/mol. The highest BCUT2D eigenvalue weighted by Gasteiger charge is 2.16. The summed E-state index contributed by atoms with van der Waals surface area (Å²) in [5.74, 6) is -1.95. The fourth-order valence-electron chi connectivity index (χ4n) is 1.32. The summed E-state index contributed by atoms with van der Waals surface area (Å²) >= 11 is 0. The second-order valence-electron chi connectivity index (χ2n) is 4.15. The largest absolute Gasteiger partial charge is 0.340 e. The van der Waals surface area contributed by atoms with Crippen molar-refractivity contribution in [1.82, 2.24) is 9.80 Å². The molecule has 94 valence electrons. The lowest BCUT2D eigenvalue weighted by atomic mass is 10.2. The Morgan fingerprint density at radius 1 is 1.18 bits per heavy atom. The van der Waals surface area contributed by atoms with Gasteiger partial charge >= 0.3 is 0 Å². The van der Waals surface area contributed by atoms with Gasteiger partial charge in [-0.15, -0.1) is 0 Å². The van der Waals surface area contributed by atoms with Gasteiger partial charge in [-0.05, 0) is 26.2 Å². The zero-order valence-electron chi connectivity index (χ0n) is 10.2. The van der Waals surface area contributed by atoms with Crippen molar-refractivity contribution >= 4 is 5.91 Å². The van der Waals surface area contributed by atoms with Crippen LogP contribution in [0.2, 0.25) is 0 Å². The SMILES string of the molecule is CN(C)CCN(C)C(=O)c1ccc(F)cc1F. The molecule has 0 unspecified atom stereocenters. The first kappa shape index (κ1) is 13.6. The molecule has 17 heavy (non-hydrogen) atoms. The lowest BCUT2D eigenvalue weighted by molar-refractivity contribution is 0.0781. The van der Waals surface area contributed by atoms with Crippen molar-refractivity contribution < 1.29 is 13.6 Å². The molecule has 1 rings (SSSR count).